The van der Waals surface area contributed by atoms with Gasteiger partial charge in [0.05, 0.1) is 0 Å². The van der Waals surface area contributed by atoms with E-state index in [1.54, 1.807) is 0 Å². The van der Waals surface area contributed by atoms with Crippen molar-refractivity contribution in [3.05, 3.63) is 90.1 Å². The average Bonchev–Trinajstić information content (AvgIpc) is 3.14. The number of nitrogens with one attached hydrogen (secondary N) is 1. The van der Waals surface area contributed by atoms with Crippen LogP contribution in [0.25, 0.3) is 11.8 Å². The van der Waals surface area contributed by atoms with E-state index in [1.807, 2.05) is 0 Å². The first-order valence-electron chi connectivity index (χ1n) is 10.2. The predicted molar refractivity (Wildman–Crippen MR) is 125 cm³/mol. The van der Waals surface area contributed by atoms with Crippen molar-refractivity contribution in [2.24, 2.45) is 0 Å². The summed E-state index contributed by atoms with van der Waals surface area (Å²) in [4.78, 5) is 0. The van der Waals surface area contributed by atoms with Gasteiger partial charge in [-0.1, -0.05) is 81.4 Å². The molecule has 0 amide bonds. The second-order valence-corrected chi connectivity index (χ2v) is 14.0. The first-order valence-corrected chi connectivity index (χ1v) is 13.1. The van der Waals surface area contributed by atoms with Crippen LogP contribution >= 0.6 is 0 Å². The fourth-order valence-corrected chi connectivity index (χ4v) is 4.91. The molecule has 2 heterocycles. The second kappa shape index (κ2) is 7.04. The SMILES string of the molecule is CC(C)(C)[Si](C)(C)OC1(c2ccccc2)Nc2cccn2C=C1c1ccccc1. The van der Waals surface area contributed by atoms with Gasteiger partial charge >= 0.3 is 0 Å². The summed E-state index contributed by atoms with van der Waals surface area (Å²) in [5.74, 6) is 1.03. The summed E-state index contributed by atoms with van der Waals surface area (Å²) >= 11 is 0. The molecule has 2 aromatic carbocycles. The van der Waals surface area contributed by atoms with Crippen LogP contribution in [0.1, 0.15) is 31.9 Å². The van der Waals surface area contributed by atoms with Gasteiger partial charge in [-0.25, -0.2) is 0 Å². The van der Waals surface area contributed by atoms with Crippen molar-refractivity contribution < 1.29 is 4.43 Å². The number of fused-ring (bicyclic) bond motifs is 1. The zero-order valence-electron chi connectivity index (χ0n) is 17.9. The van der Waals surface area contributed by atoms with E-state index in [0.717, 1.165) is 22.5 Å². The Balaban J connectivity index is 1.98. The Labute approximate surface area is 175 Å². The van der Waals surface area contributed by atoms with Crippen molar-refractivity contribution >= 4 is 25.9 Å². The maximum atomic E-state index is 7.26. The number of rotatable bonds is 4. The molecule has 1 aromatic heterocycles. The van der Waals surface area contributed by atoms with Crippen LogP contribution in [0.15, 0.2) is 79.0 Å². The van der Waals surface area contributed by atoms with E-state index >= 15 is 0 Å². The molecule has 150 valence electrons. The Morgan fingerprint density at radius 3 is 2.10 bits per heavy atom. The van der Waals surface area contributed by atoms with Crippen molar-refractivity contribution in [2.75, 3.05) is 5.32 Å². The van der Waals surface area contributed by atoms with Crippen molar-refractivity contribution in [1.29, 1.82) is 0 Å². The van der Waals surface area contributed by atoms with Crippen molar-refractivity contribution in [3.63, 3.8) is 0 Å². The van der Waals surface area contributed by atoms with Gasteiger partial charge in [0.2, 0.25) is 0 Å². The summed E-state index contributed by atoms with van der Waals surface area (Å²) < 4.78 is 9.39. The van der Waals surface area contributed by atoms with E-state index in [9.17, 15) is 0 Å². The molecule has 3 nitrogen and oxygen atoms in total. The maximum Gasteiger partial charge on any atom is 0.196 e. The Morgan fingerprint density at radius 2 is 1.48 bits per heavy atom. The molecule has 1 atom stereocenters. The number of hydrogen-bond donors (Lipinski definition) is 1. The van der Waals surface area contributed by atoms with Crippen LogP contribution in [-0.4, -0.2) is 12.9 Å². The Hall–Kier alpha value is -2.56. The van der Waals surface area contributed by atoms with Crippen molar-refractivity contribution in [1.82, 2.24) is 4.57 Å². The van der Waals surface area contributed by atoms with E-state index in [2.05, 4.69) is 129 Å². The van der Waals surface area contributed by atoms with Gasteiger partial charge in [0.15, 0.2) is 14.0 Å². The van der Waals surface area contributed by atoms with E-state index in [4.69, 9.17) is 4.43 Å². The van der Waals surface area contributed by atoms with Crippen LogP contribution in [0.3, 0.4) is 0 Å². The molecular formula is C25H30N2OSi. The molecule has 1 unspecified atom stereocenters. The normalized spacial score (nSPS) is 19.3. The van der Waals surface area contributed by atoms with Crippen LogP contribution in [-0.2, 0) is 10.2 Å². The molecular weight excluding hydrogens is 372 g/mol. The fourth-order valence-electron chi connectivity index (χ4n) is 3.56. The summed E-state index contributed by atoms with van der Waals surface area (Å²) in [5, 5.41) is 3.87. The first kappa shape index (κ1) is 19.7. The largest absolute Gasteiger partial charge is 0.388 e. The van der Waals surface area contributed by atoms with Gasteiger partial charge in [-0.05, 0) is 35.8 Å². The van der Waals surface area contributed by atoms with Gasteiger partial charge in [0.1, 0.15) is 5.82 Å². The number of benzene rings is 2. The third-order valence-electron chi connectivity index (χ3n) is 6.21. The fraction of sp³-hybridized carbons (Fsp3) is 0.280. The Morgan fingerprint density at radius 1 is 0.862 bits per heavy atom. The van der Waals surface area contributed by atoms with Gasteiger partial charge in [-0.2, -0.15) is 0 Å². The lowest BCUT2D eigenvalue weighted by Gasteiger charge is -2.49. The zero-order valence-corrected chi connectivity index (χ0v) is 18.9. The first-order chi connectivity index (χ1) is 13.7. The minimum Gasteiger partial charge on any atom is -0.388 e. The summed E-state index contributed by atoms with van der Waals surface area (Å²) in [5.41, 5.74) is 2.65. The summed E-state index contributed by atoms with van der Waals surface area (Å²) in [6, 6.07) is 25.3. The van der Waals surface area contributed by atoms with Crippen LogP contribution in [0.5, 0.6) is 0 Å². The molecule has 29 heavy (non-hydrogen) atoms. The molecule has 1 aliphatic heterocycles. The Bertz CT molecular complexity index is 1020. The smallest absolute Gasteiger partial charge is 0.196 e. The lowest BCUT2D eigenvalue weighted by Crippen LogP contribution is -2.53. The van der Waals surface area contributed by atoms with Crippen LogP contribution < -0.4 is 5.32 Å². The highest BCUT2D eigenvalue weighted by molar-refractivity contribution is 6.74. The van der Waals surface area contributed by atoms with Crippen LogP contribution in [0, 0.1) is 0 Å². The molecule has 3 aromatic rings. The molecule has 0 spiro atoms. The molecule has 4 heteroatoms. The van der Waals surface area contributed by atoms with Crippen molar-refractivity contribution in [3.8, 4) is 0 Å². The molecule has 0 radical (unpaired) electrons. The summed E-state index contributed by atoms with van der Waals surface area (Å²) in [6.45, 7) is 11.5. The van der Waals surface area contributed by atoms with Crippen molar-refractivity contribution in [2.45, 2.75) is 44.6 Å². The average molecular weight is 403 g/mol. The molecule has 4 rings (SSSR count). The van der Waals surface area contributed by atoms with Gasteiger partial charge in [-0.3, -0.25) is 0 Å². The minimum atomic E-state index is -2.14. The highest BCUT2D eigenvalue weighted by Crippen LogP contribution is 2.49. The maximum absolute atomic E-state index is 7.26. The number of aromatic nitrogens is 1. The number of nitrogens with zero attached hydrogens (tertiary/aromatic N) is 1. The Kier molecular flexibility index (Phi) is 4.79. The summed E-state index contributed by atoms with van der Waals surface area (Å²) in [6.07, 6.45) is 4.29. The number of anilines is 1. The van der Waals surface area contributed by atoms with Gasteiger partial charge in [0, 0.05) is 23.5 Å². The second-order valence-electron chi connectivity index (χ2n) is 9.24. The number of hydrogen-bond acceptors (Lipinski definition) is 2. The van der Waals surface area contributed by atoms with E-state index in [-0.39, 0.29) is 5.04 Å². The predicted octanol–water partition coefficient (Wildman–Crippen LogP) is 6.79. The minimum absolute atomic E-state index is 0.0811. The quantitative estimate of drug-likeness (QED) is 0.486. The molecule has 1 N–H and O–H groups in total. The highest BCUT2D eigenvalue weighted by Gasteiger charge is 2.49. The van der Waals surface area contributed by atoms with Gasteiger partial charge in [-0.15, -0.1) is 0 Å². The lowest BCUT2D eigenvalue weighted by molar-refractivity contribution is 0.139. The highest BCUT2D eigenvalue weighted by atomic mass is 28.4. The standard InChI is InChI=1S/C25H30N2OSi/c1-24(2,3)29(4,5)28-25(21-15-10-7-11-16-21)22(20-13-8-6-9-14-20)19-27-18-12-17-23(27)26-25/h6-19,26H,1-5H3. The molecule has 0 fully saturated rings. The van der Waals surface area contributed by atoms with Crippen LogP contribution in [0.4, 0.5) is 5.82 Å². The molecule has 0 saturated carbocycles. The monoisotopic (exact) mass is 402 g/mol. The van der Waals surface area contributed by atoms with E-state index < -0.39 is 14.0 Å². The zero-order chi connectivity index (χ0) is 20.7. The molecule has 1 aliphatic rings. The molecule has 0 saturated heterocycles. The summed E-state index contributed by atoms with van der Waals surface area (Å²) in [7, 11) is -2.14. The molecule has 0 aliphatic carbocycles. The van der Waals surface area contributed by atoms with Crippen LogP contribution in [0.2, 0.25) is 18.1 Å². The third-order valence-corrected chi connectivity index (χ3v) is 10.6. The lowest BCUT2D eigenvalue weighted by atomic mass is 9.88. The van der Waals surface area contributed by atoms with E-state index in [0.29, 0.717) is 0 Å². The van der Waals surface area contributed by atoms with Gasteiger partial charge in [0.25, 0.3) is 0 Å². The third kappa shape index (κ3) is 3.47. The van der Waals surface area contributed by atoms with E-state index in [1.165, 1.54) is 0 Å². The molecule has 0 bridgehead atoms. The topological polar surface area (TPSA) is 26.2 Å². The van der Waals surface area contributed by atoms with Gasteiger partial charge < -0.3 is 14.3 Å².